The third-order valence-electron chi connectivity index (χ3n) is 6.34. The van der Waals surface area contributed by atoms with Crippen LogP contribution < -0.4 is 14.8 Å². The number of carbonyl (C=O) groups is 1. The van der Waals surface area contributed by atoms with Gasteiger partial charge in [0.25, 0.3) is 0 Å². The molecule has 1 amide bonds. The Balaban J connectivity index is 1.24. The molecule has 0 bridgehead atoms. The molecule has 1 heterocycles. The van der Waals surface area contributed by atoms with Gasteiger partial charge >= 0.3 is 0 Å². The van der Waals surface area contributed by atoms with Crippen LogP contribution in [-0.4, -0.2) is 68.2 Å². The van der Waals surface area contributed by atoms with E-state index in [2.05, 4.69) is 27.2 Å². The van der Waals surface area contributed by atoms with Crippen LogP contribution in [0.15, 0.2) is 78.9 Å². The van der Waals surface area contributed by atoms with Crippen molar-refractivity contribution in [3.05, 3.63) is 78.9 Å². The van der Waals surface area contributed by atoms with Gasteiger partial charge in [-0.2, -0.15) is 0 Å². The molecule has 1 aliphatic heterocycles. The van der Waals surface area contributed by atoms with Crippen LogP contribution in [0.1, 0.15) is 6.92 Å². The van der Waals surface area contributed by atoms with Crippen LogP contribution in [-0.2, 0) is 4.79 Å². The van der Waals surface area contributed by atoms with Gasteiger partial charge in [-0.05, 0) is 42.8 Å². The summed E-state index contributed by atoms with van der Waals surface area (Å²) in [6.45, 7) is 7.05. The maximum Gasteiger partial charge on any atom is 0.241 e. The highest BCUT2D eigenvalue weighted by Gasteiger charge is 2.26. The van der Waals surface area contributed by atoms with Gasteiger partial charge < -0.3 is 14.8 Å². The zero-order chi connectivity index (χ0) is 23.8. The normalized spacial score (nSPS) is 15.5. The Hall–Kier alpha value is -3.35. The molecule has 4 rings (SSSR count). The van der Waals surface area contributed by atoms with Crippen LogP contribution in [0.25, 0.3) is 11.1 Å². The summed E-state index contributed by atoms with van der Waals surface area (Å²) < 4.78 is 11.0. The topological polar surface area (TPSA) is 54.0 Å². The monoisotopic (exact) mass is 459 g/mol. The fourth-order valence-corrected chi connectivity index (χ4v) is 4.20. The van der Waals surface area contributed by atoms with E-state index in [1.165, 1.54) is 0 Å². The summed E-state index contributed by atoms with van der Waals surface area (Å²) in [5, 5.41) is 3.15. The Bertz CT molecular complexity index is 1050. The molecule has 1 saturated heterocycles. The van der Waals surface area contributed by atoms with E-state index in [0.717, 1.165) is 61.0 Å². The van der Waals surface area contributed by atoms with Crippen molar-refractivity contribution >= 4 is 11.6 Å². The van der Waals surface area contributed by atoms with Crippen LogP contribution in [0, 0.1) is 0 Å². The minimum Gasteiger partial charge on any atom is -0.497 e. The number of hydrogen-bond donors (Lipinski definition) is 1. The molecule has 6 nitrogen and oxygen atoms in total. The molecule has 3 aromatic carbocycles. The number of hydrogen-bond acceptors (Lipinski definition) is 5. The number of para-hydroxylation sites is 1. The van der Waals surface area contributed by atoms with Crippen LogP contribution >= 0.6 is 0 Å². The lowest BCUT2D eigenvalue weighted by Crippen LogP contribution is -2.53. The van der Waals surface area contributed by atoms with Crippen molar-refractivity contribution in [1.82, 2.24) is 9.80 Å². The van der Waals surface area contributed by atoms with Gasteiger partial charge in [0.2, 0.25) is 5.91 Å². The fourth-order valence-electron chi connectivity index (χ4n) is 4.20. The maximum absolute atomic E-state index is 13.1. The van der Waals surface area contributed by atoms with Crippen molar-refractivity contribution < 1.29 is 14.3 Å². The number of ether oxygens (including phenoxy) is 2. The summed E-state index contributed by atoms with van der Waals surface area (Å²) >= 11 is 0. The third-order valence-corrected chi connectivity index (χ3v) is 6.34. The molecule has 1 atom stereocenters. The van der Waals surface area contributed by atoms with Crippen molar-refractivity contribution in [2.45, 2.75) is 13.0 Å². The summed E-state index contributed by atoms with van der Waals surface area (Å²) in [5.74, 6) is 1.70. The number of amides is 1. The summed E-state index contributed by atoms with van der Waals surface area (Å²) in [4.78, 5) is 17.7. The van der Waals surface area contributed by atoms with Crippen molar-refractivity contribution in [1.29, 1.82) is 0 Å². The summed E-state index contributed by atoms with van der Waals surface area (Å²) in [6, 6.07) is 25.6. The molecule has 0 aliphatic carbocycles. The van der Waals surface area contributed by atoms with Crippen LogP contribution in [0.2, 0.25) is 0 Å². The lowest BCUT2D eigenvalue weighted by atomic mass is 10.0. The highest BCUT2D eigenvalue weighted by Crippen LogP contribution is 2.28. The molecule has 1 aliphatic rings. The summed E-state index contributed by atoms with van der Waals surface area (Å²) in [5.41, 5.74) is 2.97. The Morgan fingerprint density at radius 3 is 2.24 bits per heavy atom. The van der Waals surface area contributed by atoms with Crippen molar-refractivity contribution in [3.8, 4) is 22.6 Å². The quantitative estimate of drug-likeness (QED) is 0.515. The van der Waals surface area contributed by atoms with E-state index in [4.69, 9.17) is 9.47 Å². The minimum absolute atomic E-state index is 0.0275. The lowest BCUT2D eigenvalue weighted by molar-refractivity contribution is -0.121. The number of carbonyl (C=O) groups excluding carboxylic acids is 1. The molecule has 1 unspecified atom stereocenters. The fraction of sp³-hybridized carbons (Fsp3) is 0.321. The molecule has 6 heteroatoms. The van der Waals surface area contributed by atoms with Gasteiger partial charge in [0.1, 0.15) is 18.1 Å². The number of benzene rings is 3. The van der Waals surface area contributed by atoms with E-state index in [0.29, 0.717) is 6.61 Å². The lowest BCUT2D eigenvalue weighted by Gasteiger charge is -2.37. The SMILES string of the molecule is COc1ccc(OCCN2CCN(C(C)C(=O)Nc3ccccc3-c3ccccc3)CC2)cc1. The van der Waals surface area contributed by atoms with E-state index in [1.54, 1.807) is 7.11 Å². The van der Waals surface area contributed by atoms with Gasteiger partial charge in [-0.25, -0.2) is 0 Å². The van der Waals surface area contributed by atoms with Crippen molar-refractivity contribution in [3.63, 3.8) is 0 Å². The smallest absolute Gasteiger partial charge is 0.241 e. The zero-order valence-electron chi connectivity index (χ0n) is 19.9. The van der Waals surface area contributed by atoms with E-state index >= 15 is 0 Å². The van der Waals surface area contributed by atoms with Crippen LogP contribution in [0.3, 0.4) is 0 Å². The third kappa shape index (κ3) is 6.16. The van der Waals surface area contributed by atoms with Gasteiger partial charge in [0.15, 0.2) is 0 Å². The number of piperazine rings is 1. The second-order valence-electron chi connectivity index (χ2n) is 8.48. The Kier molecular flexibility index (Phi) is 8.17. The zero-order valence-corrected chi connectivity index (χ0v) is 19.9. The van der Waals surface area contributed by atoms with Gasteiger partial charge in [0.05, 0.1) is 13.2 Å². The van der Waals surface area contributed by atoms with Crippen LogP contribution in [0.5, 0.6) is 11.5 Å². The summed E-state index contributed by atoms with van der Waals surface area (Å²) in [7, 11) is 1.66. The molecule has 0 radical (unpaired) electrons. The number of anilines is 1. The predicted octanol–water partition coefficient (Wildman–Crippen LogP) is 4.39. The van der Waals surface area contributed by atoms with E-state index in [9.17, 15) is 4.79 Å². The average Bonchev–Trinajstić information content (AvgIpc) is 2.90. The number of rotatable bonds is 9. The second kappa shape index (κ2) is 11.7. The Labute approximate surface area is 202 Å². The molecular weight excluding hydrogens is 426 g/mol. The largest absolute Gasteiger partial charge is 0.497 e. The second-order valence-corrected chi connectivity index (χ2v) is 8.48. The van der Waals surface area contributed by atoms with E-state index in [1.807, 2.05) is 73.7 Å². The number of nitrogens with zero attached hydrogens (tertiary/aromatic N) is 2. The Morgan fingerprint density at radius 1 is 0.882 bits per heavy atom. The number of methoxy groups -OCH3 is 1. The standard InChI is InChI=1S/C28H33N3O3/c1-22(28(32)29-27-11-7-6-10-26(27)23-8-4-3-5-9-23)31-18-16-30(17-19-31)20-21-34-25-14-12-24(33-2)13-15-25/h3-15,22H,16-21H2,1-2H3,(H,29,32). The number of nitrogens with one attached hydrogen (secondary N) is 1. The van der Waals surface area contributed by atoms with Gasteiger partial charge in [-0.15, -0.1) is 0 Å². The molecule has 0 aromatic heterocycles. The van der Waals surface area contributed by atoms with Crippen LogP contribution in [0.4, 0.5) is 5.69 Å². The molecule has 34 heavy (non-hydrogen) atoms. The molecule has 178 valence electrons. The van der Waals surface area contributed by atoms with Crippen molar-refractivity contribution in [2.75, 3.05) is 51.8 Å². The first-order valence-electron chi connectivity index (χ1n) is 11.8. The molecule has 1 fully saturated rings. The molecule has 1 N–H and O–H groups in total. The molecule has 0 saturated carbocycles. The van der Waals surface area contributed by atoms with Crippen molar-refractivity contribution in [2.24, 2.45) is 0 Å². The minimum atomic E-state index is -0.193. The first-order chi connectivity index (χ1) is 16.6. The maximum atomic E-state index is 13.1. The highest BCUT2D eigenvalue weighted by atomic mass is 16.5. The molecule has 3 aromatic rings. The predicted molar refractivity (Wildman–Crippen MR) is 136 cm³/mol. The van der Waals surface area contributed by atoms with Gasteiger partial charge in [-0.1, -0.05) is 48.5 Å². The van der Waals surface area contributed by atoms with E-state index in [-0.39, 0.29) is 11.9 Å². The van der Waals surface area contributed by atoms with Gasteiger partial charge in [-0.3, -0.25) is 14.6 Å². The summed E-state index contributed by atoms with van der Waals surface area (Å²) in [6.07, 6.45) is 0. The molecule has 0 spiro atoms. The Morgan fingerprint density at radius 2 is 1.53 bits per heavy atom. The molecular formula is C28H33N3O3. The average molecular weight is 460 g/mol. The first-order valence-corrected chi connectivity index (χ1v) is 11.8. The highest BCUT2D eigenvalue weighted by molar-refractivity contribution is 5.98. The first kappa shape index (κ1) is 23.8. The van der Waals surface area contributed by atoms with E-state index < -0.39 is 0 Å². The van der Waals surface area contributed by atoms with Gasteiger partial charge in [0, 0.05) is 44.0 Å².